The molecule has 6 rings (SSSR count). The number of hydrogen-bond acceptors (Lipinski definition) is 2. The number of halogens is 1. The largest absolute Gasteiger partial charge is 0.337 e. The Bertz CT molecular complexity index is 1100. The van der Waals surface area contributed by atoms with E-state index in [-0.39, 0.29) is 11.7 Å². The Hall–Kier alpha value is -2.95. The lowest BCUT2D eigenvalue weighted by Gasteiger charge is -2.34. The summed E-state index contributed by atoms with van der Waals surface area (Å²) in [5.41, 5.74) is 2.66. The lowest BCUT2D eigenvalue weighted by molar-refractivity contribution is -0.132. The number of amides is 1. The summed E-state index contributed by atoms with van der Waals surface area (Å²) >= 11 is 0. The minimum atomic E-state index is -0.551. The predicted octanol–water partition coefficient (Wildman–Crippen LogP) is 4.73. The second-order valence-corrected chi connectivity index (χ2v) is 8.80. The van der Waals surface area contributed by atoms with Gasteiger partial charge in [0.15, 0.2) is 0 Å². The van der Waals surface area contributed by atoms with Crippen LogP contribution in [-0.4, -0.2) is 32.4 Å². The summed E-state index contributed by atoms with van der Waals surface area (Å²) in [6, 6.07) is 15.9. The Balaban J connectivity index is 1.44. The van der Waals surface area contributed by atoms with Crippen molar-refractivity contribution in [3.05, 3.63) is 77.9 Å². The number of imidazole rings is 1. The molecule has 0 N–H and O–H groups in total. The quantitative estimate of drug-likeness (QED) is 0.634. The van der Waals surface area contributed by atoms with Crippen LogP contribution >= 0.6 is 0 Å². The fourth-order valence-corrected chi connectivity index (χ4v) is 6.14. The molecule has 1 atom stereocenters. The van der Waals surface area contributed by atoms with Gasteiger partial charge in [-0.05, 0) is 55.4 Å². The average Bonchev–Trinajstić information content (AvgIpc) is 3.54. The highest BCUT2D eigenvalue weighted by molar-refractivity contribution is 5.79. The van der Waals surface area contributed by atoms with Crippen molar-refractivity contribution in [1.82, 2.24) is 14.5 Å². The van der Waals surface area contributed by atoms with Crippen LogP contribution in [0, 0.1) is 5.82 Å². The highest BCUT2D eigenvalue weighted by Gasteiger charge is 2.47. The van der Waals surface area contributed by atoms with Gasteiger partial charge < -0.3 is 9.47 Å². The van der Waals surface area contributed by atoms with E-state index in [1.807, 2.05) is 36.7 Å². The van der Waals surface area contributed by atoms with Gasteiger partial charge in [0.1, 0.15) is 11.6 Å². The van der Waals surface area contributed by atoms with Gasteiger partial charge in [-0.25, -0.2) is 9.37 Å². The maximum Gasteiger partial charge on any atom is 0.223 e. The zero-order valence-electron chi connectivity index (χ0n) is 16.8. The summed E-state index contributed by atoms with van der Waals surface area (Å²) in [6.07, 6.45) is 9.49. The van der Waals surface area contributed by atoms with Gasteiger partial charge in [-0.1, -0.05) is 36.4 Å². The topological polar surface area (TPSA) is 38.1 Å². The molecule has 3 aliphatic heterocycles. The van der Waals surface area contributed by atoms with E-state index in [9.17, 15) is 9.18 Å². The Labute approximate surface area is 175 Å². The monoisotopic (exact) mass is 401 g/mol. The third kappa shape index (κ3) is 2.38. The summed E-state index contributed by atoms with van der Waals surface area (Å²) in [5.74, 6) is 0.909. The van der Waals surface area contributed by atoms with Crippen LogP contribution in [0.4, 0.5) is 4.39 Å². The van der Waals surface area contributed by atoms with Crippen LogP contribution in [0.3, 0.4) is 0 Å². The van der Waals surface area contributed by atoms with Gasteiger partial charge in [-0.15, -0.1) is 0 Å². The van der Waals surface area contributed by atoms with Crippen molar-refractivity contribution in [3.8, 4) is 11.4 Å². The Morgan fingerprint density at radius 3 is 2.47 bits per heavy atom. The van der Waals surface area contributed by atoms with Crippen LogP contribution in [0.5, 0.6) is 0 Å². The molecule has 2 saturated heterocycles. The molecular weight excluding hydrogens is 377 g/mol. The number of aromatic nitrogens is 2. The molecule has 4 heterocycles. The molecule has 1 unspecified atom stereocenters. The second-order valence-electron chi connectivity index (χ2n) is 8.80. The first kappa shape index (κ1) is 17.9. The van der Waals surface area contributed by atoms with Crippen molar-refractivity contribution in [2.75, 3.05) is 0 Å². The fraction of sp³-hybridized carbons (Fsp3) is 0.360. The summed E-state index contributed by atoms with van der Waals surface area (Å²) in [4.78, 5) is 20.1. The third-order valence-corrected chi connectivity index (χ3v) is 7.43. The maximum atomic E-state index is 13.8. The van der Waals surface area contributed by atoms with Gasteiger partial charge in [0, 0.05) is 36.5 Å². The molecule has 1 aromatic heterocycles. The number of carbonyl (C=O) groups is 1. The van der Waals surface area contributed by atoms with Gasteiger partial charge in [-0.3, -0.25) is 4.79 Å². The van der Waals surface area contributed by atoms with Crippen LogP contribution in [-0.2, 0) is 10.3 Å². The van der Waals surface area contributed by atoms with E-state index in [0.29, 0.717) is 24.9 Å². The SMILES string of the molecule is O=C(CCC1(c2ccc(F)cc2)c2ccccc2-c2nccn21)N1[C@H]2CC[C@@H]1CC2. The molecule has 0 saturated carbocycles. The van der Waals surface area contributed by atoms with Crippen molar-refractivity contribution in [3.63, 3.8) is 0 Å². The second kappa shape index (κ2) is 6.53. The molecular formula is C25H24FN3O. The molecule has 2 bridgehead atoms. The average molecular weight is 401 g/mol. The summed E-state index contributed by atoms with van der Waals surface area (Å²) in [6.45, 7) is 0. The standard InChI is InChI=1S/C25H24FN3O/c26-18-7-5-17(6-8-18)25(14-13-23(30)29-19-9-10-20(29)12-11-19)22-4-2-1-3-21(22)24-27-15-16-28(24)25/h1-8,15-16,19-20H,9-14H2/t19-,20+,25?. The van der Waals surface area contributed by atoms with E-state index in [4.69, 9.17) is 0 Å². The van der Waals surface area contributed by atoms with Crippen LogP contribution in [0.2, 0.25) is 0 Å². The molecule has 0 radical (unpaired) electrons. The third-order valence-electron chi connectivity index (χ3n) is 7.43. The first-order valence-electron chi connectivity index (χ1n) is 10.9. The number of benzene rings is 2. The van der Waals surface area contributed by atoms with Crippen molar-refractivity contribution in [1.29, 1.82) is 0 Å². The molecule has 5 heteroatoms. The first-order valence-corrected chi connectivity index (χ1v) is 10.9. The summed E-state index contributed by atoms with van der Waals surface area (Å²) in [5, 5.41) is 0. The van der Waals surface area contributed by atoms with E-state index in [1.54, 1.807) is 0 Å². The number of carbonyl (C=O) groups excluding carboxylic acids is 1. The molecule has 2 aromatic carbocycles. The van der Waals surface area contributed by atoms with Crippen molar-refractivity contribution in [2.24, 2.45) is 0 Å². The molecule has 3 aliphatic rings. The van der Waals surface area contributed by atoms with E-state index in [0.717, 1.165) is 48.2 Å². The zero-order chi connectivity index (χ0) is 20.3. The Morgan fingerprint density at radius 2 is 1.73 bits per heavy atom. The fourth-order valence-electron chi connectivity index (χ4n) is 6.14. The lowest BCUT2D eigenvalue weighted by atomic mass is 9.79. The molecule has 4 nitrogen and oxygen atoms in total. The van der Waals surface area contributed by atoms with Gasteiger partial charge >= 0.3 is 0 Å². The number of fused-ring (bicyclic) bond motifs is 5. The van der Waals surface area contributed by atoms with Crippen molar-refractivity contribution in [2.45, 2.75) is 56.1 Å². The van der Waals surface area contributed by atoms with Crippen LogP contribution in [0.15, 0.2) is 60.9 Å². The number of nitrogens with zero attached hydrogens (tertiary/aromatic N) is 3. The highest BCUT2D eigenvalue weighted by atomic mass is 19.1. The van der Waals surface area contributed by atoms with Crippen LogP contribution in [0.25, 0.3) is 11.4 Å². The number of rotatable bonds is 4. The molecule has 152 valence electrons. The summed E-state index contributed by atoms with van der Waals surface area (Å²) in [7, 11) is 0. The van der Waals surface area contributed by atoms with Crippen molar-refractivity contribution >= 4 is 5.91 Å². The minimum Gasteiger partial charge on any atom is -0.337 e. The molecule has 30 heavy (non-hydrogen) atoms. The molecule has 3 aromatic rings. The van der Waals surface area contributed by atoms with Crippen LogP contribution < -0.4 is 0 Å². The van der Waals surface area contributed by atoms with Gasteiger partial charge in [0.05, 0.1) is 5.54 Å². The molecule has 2 fully saturated rings. The van der Waals surface area contributed by atoms with E-state index < -0.39 is 5.54 Å². The first-order chi connectivity index (χ1) is 14.7. The smallest absolute Gasteiger partial charge is 0.223 e. The number of hydrogen-bond donors (Lipinski definition) is 0. The Kier molecular flexibility index (Phi) is 3.89. The molecule has 1 amide bonds. The summed E-state index contributed by atoms with van der Waals surface area (Å²) < 4.78 is 15.9. The van der Waals surface area contributed by atoms with Gasteiger partial charge in [0.25, 0.3) is 0 Å². The molecule has 0 aliphatic carbocycles. The van der Waals surface area contributed by atoms with E-state index >= 15 is 0 Å². The molecule has 0 spiro atoms. The minimum absolute atomic E-state index is 0.254. The van der Waals surface area contributed by atoms with Gasteiger partial charge in [0.2, 0.25) is 5.91 Å². The van der Waals surface area contributed by atoms with Gasteiger partial charge in [-0.2, -0.15) is 0 Å². The van der Waals surface area contributed by atoms with E-state index in [2.05, 4.69) is 26.6 Å². The maximum absolute atomic E-state index is 13.8. The van der Waals surface area contributed by atoms with Crippen molar-refractivity contribution < 1.29 is 9.18 Å². The van der Waals surface area contributed by atoms with Crippen LogP contribution in [0.1, 0.15) is 49.7 Å². The lowest BCUT2D eigenvalue weighted by Crippen LogP contribution is -2.38. The Morgan fingerprint density at radius 1 is 1.03 bits per heavy atom. The van der Waals surface area contributed by atoms with E-state index in [1.165, 1.54) is 12.1 Å². The zero-order valence-corrected chi connectivity index (χ0v) is 16.8. The normalized spacial score (nSPS) is 26.1. The highest BCUT2D eigenvalue weighted by Crippen LogP contribution is 2.50. The predicted molar refractivity (Wildman–Crippen MR) is 112 cm³/mol.